The van der Waals surface area contributed by atoms with Gasteiger partial charge >= 0.3 is 89.5 Å². The molecule has 0 rings (SSSR count). The minimum absolute atomic E-state index is 0. The van der Waals surface area contributed by atoms with Crippen molar-refractivity contribution in [2.75, 3.05) is 0 Å². The third-order valence-corrected chi connectivity index (χ3v) is 6.43. The number of rotatable bonds is 25. The van der Waals surface area contributed by atoms with E-state index in [0.717, 1.165) is 0 Å². The summed E-state index contributed by atoms with van der Waals surface area (Å²) in [5, 5.41) is 169. The summed E-state index contributed by atoms with van der Waals surface area (Å²) in [4.78, 5) is 152. The molecule has 38 heteroatoms. The fourth-order valence-electron chi connectivity index (χ4n) is 3.57. The van der Waals surface area contributed by atoms with E-state index in [1.54, 1.807) is 0 Å². The van der Waals surface area contributed by atoms with Crippen LogP contribution in [0.1, 0.15) is 64.2 Å². The van der Waals surface area contributed by atoms with Gasteiger partial charge in [0.1, 0.15) is 0 Å². The van der Waals surface area contributed by atoms with Gasteiger partial charge in [-0.3, -0.25) is 47.9 Å². The van der Waals surface area contributed by atoms with Crippen molar-refractivity contribution < 1.29 is 230 Å². The van der Waals surface area contributed by atoms with Crippen LogP contribution < -0.4 is 0 Å². The van der Waals surface area contributed by atoms with Gasteiger partial charge in [-0.2, -0.15) is 0 Å². The second kappa shape index (κ2) is 34.8. The van der Waals surface area contributed by atoms with Crippen LogP contribution >= 0.6 is 0 Å². The molecule has 0 aliphatic rings. The van der Waals surface area contributed by atoms with E-state index >= 15 is 0 Å². The van der Waals surface area contributed by atoms with Crippen LogP contribution in [0.25, 0.3) is 0 Å². The fourth-order valence-corrected chi connectivity index (χ4v) is 3.57. The first-order valence-corrected chi connectivity index (χ1v) is 15.9. The average Bonchev–Trinajstić information content (AvgIpc) is 3.01. The zero-order valence-electron chi connectivity index (χ0n) is 33.5. The Balaban J connectivity index is -0.000000109. The second-order valence-corrected chi connectivity index (χ2v) is 12.4. The molecule has 3 radical (unpaired) electrons. The molecule has 68 heavy (non-hydrogen) atoms. The first-order valence-electron chi connectivity index (χ1n) is 15.9. The molecule has 0 spiro atoms. The number of carboxylic acids is 15. The molecule has 0 aromatic rings. The third kappa shape index (κ3) is 37.8. The van der Waals surface area contributed by atoms with Crippen LogP contribution in [0.4, 0.5) is 0 Å². The molecule has 0 fully saturated rings. The van der Waals surface area contributed by atoms with Crippen LogP contribution in [0.2, 0.25) is 0 Å². The van der Waals surface area contributed by atoms with Crippen LogP contribution in [0.5, 0.6) is 0 Å². The topological polar surface area (TPSA) is 661 Å². The zero-order valence-corrected chi connectivity index (χ0v) is 37.7. The molecular weight excluding hydrogens is 1070 g/mol. The third-order valence-electron chi connectivity index (χ3n) is 6.43. The van der Waals surface area contributed by atoms with Gasteiger partial charge in [0.2, 0.25) is 0 Å². The number of aliphatic carboxylic acids is 15. The van der Waals surface area contributed by atoms with Crippen LogP contribution in [0, 0.1) is 0 Å². The van der Waals surface area contributed by atoms with Crippen molar-refractivity contribution in [2.24, 2.45) is 0 Å². The Labute approximate surface area is 410 Å². The van der Waals surface area contributed by atoms with Gasteiger partial charge in [-0.25, -0.2) is 24.0 Å². The van der Waals surface area contributed by atoms with Crippen LogP contribution in [0.15, 0.2) is 0 Å². The monoisotopic (exact) mass is 1110 g/mol. The number of aliphatic hydroxyl groups is 5. The quantitative estimate of drug-likeness (QED) is 0.0404. The van der Waals surface area contributed by atoms with Crippen molar-refractivity contribution in [3.63, 3.8) is 0 Å². The largest absolute Gasteiger partial charge is 0.481 e. The van der Waals surface area contributed by atoms with Gasteiger partial charge in [0.05, 0.1) is 64.2 Å². The zero-order chi connectivity index (χ0) is 53.2. The average molecular weight is 1110 g/mol. The fraction of sp³-hybridized carbons (Fsp3) is 0.500. The Morgan fingerprint density at radius 2 is 0.250 bits per heavy atom. The summed E-state index contributed by atoms with van der Waals surface area (Å²) in [6.07, 6.45) is -11.4. The van der Waals surface area contributed by atoms with Gasteiger partial charge < -0.3 is 102 Å². The van der Waals surface area contributed by atoms with Crippen molar-refractivity contribution in [1.29, 1.82) is 0 Å². The molecule has 0 saturated carbocycles. The summed E-state index contributed by atoms with van der Waals surface area (Å²) in [7, 11) is 0. The first kappa shape index (κ1) is 78.7. The van der Waals surface area contributed by atoms with Gasteiger partial charge in [-0.05, 0) is 0 Å². The number of hydrogen-bond acceptors (Lipinski definition) is 20. The van der Waals surface area contributed by atoms with Gasteiger partial charge in [0.15, 0.2) is 28.0 Å². The summed E-state index contributed by atoms with van der Waals surface area (Å²) >= 11 is 0. The minimum Gasteiger partial charge on any atom is -0.481 e. The van der Waals surface area contributed by atoms with E-state index in [9.17, 15) is 71.9 Å². The molecule has 385 valence electrons. The minimum atomic E-state index is -2.74. The molecule has 0 bridgehead atoms. The molecule has 0 aliphatic carbocycles. The standard InChI is InChI=1S/5C6H8O7.3V/c5*7-3(8)1-6(13,5(11)12)2-4(9)10;;;/h5*13H,1-2H2,(H,7,8)(H,9,10)(H,11,12);;;. The Bertz CT molecular complexity index is 1460. The molecule has 0 atom stereocenters. The maximum absolute atomic E-state index is 10.3. The molecule has 0 unspecified atom stereocenters. The second-order valence-electron chi connectivity index (χ2n) is 12.4. The molecule has 35 nitrogen and oxygen atoms in total. The predicted octanol–water partition coefficient (Wildman–Crippen LogP) is -6.25. The van der Waals surface area contributed by atoms with Crippen molar-refractivity contribution >= 4 is 89.5 Å². The maximum Gasteiger partial charge on any atom is 0.336 e. The Hall–Kier alpha value is -6.40. The predicted molar refractivity (Wildman–Crippen MR) is 185 cm³/mol. The van der Waals surface area contributed by atoms with E-state index in [1.807, 2.05) is 0 Å². The molecule has 0 amide bonds. The van der Waals surface area contributed by atoms with E-state index in [-0.39, 0.29) is 55.7 Å². The molecule has 0 aliphatic heterocycles. The van der Waals surface area contributed by atoms with Gasteiger partial charge in [-0.15, -0.1) is 0 Å². The number of carboxylic acid groups (broad SMARTS) is 15. The SMILES string of the molecule is O=C(O)CC(O)(CC(=O)O)C(=O)O.O=C(O)CC(O)(CC(=O)O)C(=O)O.O=C(O)CC(O)(CC(=O)O)C(=O)O.O=C(O)CC(O)(CC(=O)O)C(=O)O.O=C(O)CC(O)(CC(=O)O)C(=O)O.[V].[V].[V]. The van der Waals surface area contributed by atoms with Crippen molar-refractivity contribution in [2.45, 2.75) is 92.2 Å². The van der Waals surface area contributed by atoms with Gasteiger partial charge in [0.25, 0.3) is 0 Å². The molecule has 0 saturated heterocycles. The van der Waals surface area contributed by atoms with E-state index < -0.39 is 182 Å². The van der Waals surface area contributed by atoms with Crippen molar-refractivity contribution in [1.82, 2.24) is 0 Å². The van der Waals surface area contributed by atoms with Gasteiger partial charge in [-0.1, -0.05) is 0 Å². The molecule has 0 heterocycles. The van der Waals surface area contributed by atoms with E-state index in [4.69, 9.17) is 102 Å². The van der Waals surface area contributed by atoms with Crippen molar-refractivity contribution in [3.8, 4) is 0 Å². The van der Waals surface area contributed by atoms with Crippen molar-refractivity contribution in [3.05, 3.63) is 0 Å². The first-order chi connectivity index (χ1) is 28.9. The Kier molecular flexibility index (Phi) is 40.4. The Morgan fingerprint density at radius 1 is 0.191 bits per heavy atom. The normalized spacial score (nSPS) is 10.4. The number of hydrogen-bond donors (Lipinski definition) is 20. The van der Waals surface area contributed by atoms with Crippen LogP contribution in [-0.2, 0) is 128 Å². The smallest absolute Gasteiger partial charge is 0.336 e. The van der Waals surface area contributed by atoms with E-state index in [1.165, 1.54) is 0 Å². The maximum atomic E-state index is 10.3. The van der Waals surface area contributed by atoms with Crippen LogP contribution in [0.3, 0.4) is 0 Å². The van der Waals surface area contributed by atoms with E-state index in [2.05, 4.69) is 0 Å². The summed E-state index contributed by atoms with van der Waals surface area (Å²) in [6, 6.07) is 0. The Morgan fingerprint density at radius 3 is 0.279 bits per heavy atom. The molecule has 20 N–H and O–H groups in total. The number of carbonyl (C=O) groups is 15. The molecule has 0 aromatic heterocycles. The summed E-state index contributed by atoms with van der Waals surface area (Å²) < 4.78 is 0. The van der Waals surface area contributed by atoms with Crippen LogP contribution in [-0.4, -0.2) is 220 Å². The molecule has 0 aromatic carbocycles. The van der Waals surface area contributed by atoms with Gasteiger partial charge in [0, 0.05) is 55.7 Å². The summed E-state index contributed by atoms with van der Waals surface area (Å²) in [6.45, 7) is 0. The summed E-state index contributed by atoms with van der Waals surface area (Å²) in [5.74, 6) is -25.1. The van der Waals surface area contributed by atoms with E-state index in [0.29, 0.717) is 0 Å². The summed E-state index contributed by atoms with van der Waals surface area (Å²) in [5.41, 5.74) is -13.7. The molecular formula is C30H40O35V3.